The zero-order chi connectivity index (χ0) is 13.8. The van der Waals surface area contributed by atoms with E-state index in [0.29, 0.717) is 5.56 Å². The number of hydrogen-bond donors (Lipinski definition) is 1. The molecular formula is C14H16Cl2O2. The van der Waals surface area contributed by atoms with Crippen LogP contribution in [0.1, 0.15) is 38.3 Å². The van der Waals surface area contributed by atoms with Crippen LogP contribution in [-0.4, -0.2) is 15.4 Å². The number of carboxylic acids is 1. The number of carbonyl (C=O) groups is 1. The zero-order valence-electron chi connectivity index (χ0n) is 10.6. The van der Waals surface area contributed by atoms with E-state index in [9.17, 15) is 9.90 Å². The Morgan fingerprint density at radius 2 is 1.67 bits per heavy atom. The largest absolute Gasteiger partial charge is 0.480 e. The molecule has 18 heavy (non-hydrogen) atoms. The van der Waals surface area contributed by atoms with Crippen LogP contribution in [-0.2, 0) is 15.6 Å². The van der Waals surface area contributed by atoms with Crippen LogP contribution in [0.25, 0.3) is 0 Å². The highest BCUT2D eigenvalue weighted by Crippen LogP contribution is 2.65. The second kappa shape index (κ2) is 3.88. The summed E-state index contributed by atoms with van der Waals surface area (Å²) in [5.74, 6) is -0.962. The van der Waals surface area contributed by atoms with Gasteiger partial charge in [0, 0.05) is 6.42 Å². The van der Waals surface area contributed by atoms with Crippen LogP contribution in [0.3, 0.4) is 0 Å². The Kier molecular flexibility index (Phi) is 2.95. The third-order valence-electron chi connectivity index (χ3n) is 3.60. The summed E-state index contributed by atoms with van der Waals surface area (Å²) >= 11 is 12.0. The normalized spacial score (nSPS) is 25.8. The van der Waals surface area contributed by atoms with Crippen molar-refractivity contribution in [2.75, 3.05) is 0 Å². The molecule has 0 spiro atoms. The Morgan fingerprint density at radius 1 is 1.22 bits per heavy atom. The van der Waals surface area contributed by atoms with Gasteiger partial charge in [0.1, 0.15) is 9.75 Å². The van der Waals surface area contributed by atoms with Gasteiger partial charge in [0.05, 0.1) is 0 Å². The summed E-state index contributed by atoms with van der Waals surface area (Å²) in [5.41, 5.74) is 0.722. The molecule has 2 nitrogen and oxygen atoms in total. The third kappa shape index (κ3) is 1.92. The molecule has 0 radical (unpaired) electrons. The van der Waals surface area contributed by atoms with Gasteiger partial charge in [-0.25, -0.2) is 0 Å². The number of alkyl halides is 2. The lowest BCUT2D eigenvalue weighted by Crippen LogP contribution is -2.26. The Morgan fingerprint density at radius 3 is 1.94 bits per heavy atom. The van der Waals surface area contributed by atoms with Crippen LogP contribution in [0.15, 0.2) is 24.3 Å². The van der Waals surface area contributed by atoms with Gasteiger partial charge in [-0.3, -0.25) is 4.79 Å². The standard InChI is InChI=1S/C14H16Cl2O2/c1-12(2,3)9-4-6-10(7-5-9)13(11(17)18)8-14(13,15)16/h4-7H,8H2,1-3H3,(H,17,18). The van der Waals surface area contributed by atoms with Crippen LogP contribution in [0.5, 0.6) is 0 Å². The zero-order valence-corrected chi connectivity index (χ0v) is 12.1. The summed E-state index contributed by atoms with van der Waals surface area (Å²) in [6.07, 6.45) is 0.257. The molecule has 1 unspecified atom stereocenters. The van der Waals surface area contributed by atoms with Crippen molar-refractivity contribution in [3.63, 3.8) is 0 Å². The van der Waals surface area contributed by atoms with Crippen molar-refractivity contribution in [2.45, 2.75) is 42.4 Å². The van der Waals surface area contributed by atoms with Gasteiger partial charge in [-0.2, -0.15) is 0 Å². The van der Waals surface area contributed by atoms with Gasteiger partial charge in [-0.15, -0.1) is 0 Å². The SMILES string of the molecule is CC(C)(C)c1ccc(C2(C(=O)O)CC2(Cl)Cl)cc1. The molecule has 0 saturated heterocycles. The summed E-state index contributed by atoms with van der Waals surface area (Å²) in [7, 11) is 0. The highest BCUT2D eigenvalue weighted by molar-refractivity contribution is 6.54. The van der Waals surface area contributed by atoms with Crippen molar-refractivity contribution in [3.05, 3.63) is 35.4 Å². The van der Waals surface area contributed by atoms with E-state index in [0.717, 1.165) is 5.56 Å². The number of hydrogen-bond acceptors (Lipinski definition) is 1. The van der Waals surface area contributed by atoms with Crippen molar-refractivity contribution < 1.29 is 9.90 Å². The molecule has 0 amide bonds. The van der Waals surface area contributed by atoms with Crippen LogP contribution in [0.2, 0.25) is 0 Å². The fraction of sp³-hybridized carbons (Fsp3) is 0.500. The van der Waals surface area contributed by atoms with Gasteiger partial charge in [-0.1, -0.05) is 68.2 Å². The van der Waals surface area contributed by atoms with Crippen LogP contribution >= 0.6 is 23.2 Å². The first-order valence-electron chi connectivity index (χ1n) is 5.83. The first kappa shape index (κ1) is 13.7. The summed E-state index contributed by atoms with van der Waals surface area (Å²) in [4.78, 5) is 11.4. The number of halogens is 2. The molecule has 1 aromatic rings. The van der Waals surface area contributed by atoms with E-state index in [2.05, 4.69) is 20.8 Å². The van der Waals surface area contributed by atoms with Crippen LogP contribution in [0.4, 0.5) is 0 Å². The Hall–Kier alpha value is -0.730. The summed E-state index contributed by atoms with van der Waals surface area (Å²) in [6.45, 7) is 6.33. The number of rotatable bonds is 2. The van der Waals surface area contributed by atoms with Crippen molar-refractivity contribution in [2.24, 2.45) is 0 Å². The number of benzene rings is 1. The molecule has 1 aromatic carbocycles. The van der Waals surface area contributed by atoms with E-state index < -0.39 is 15.7 Å². The van der Waals surface area contributed by atoms with Gasteiger partial charge >= 0.3 is 5.97 Å². The molecule has 0 bridgehead atoms. The van der Waals surface area contributed by atoms with Crippen molar-refractivity contribution in [3.8, 4) is 0 Å². The quantitative estimate of drug-likeness (QED) is 0.838. The number of carboxylic acid groups (broad SMARTS) is 1. The van der Waals surface area contributed by atoms with Gasteiger partial charge in [0.25, 0.3) is 0 Å². The van der Waals surface area contributed by atoms with Gasteiger partial charge < -0.3 is 5.11 Å². The van der Waals surface area contributed by atoms with Gasteiger partial charge in [0.15, 0.2) is 0 Å². The Bertz CT molecular complexity index is 486. The lowest BCUT2D eigenvalue weighted by Gasteiger charge is -2.20. The summed E-state index contributed by atoms with van der Waals surface area (Å²) in [5, 5.41) is 9.35. The predicted molar refractivity (Wildman–Crippen MR) is 73.5 cm³/mol. The highest BCUT2D eigenvalue weighted by Gasteiger charge is 2.72. The average molecular weight is 287 g/mol. The maximum absolute atomic E-state index is 11.4. The molecule has 0 aromatic heterocycles. The smallest absolute Gasteiger partial charge is 0.317 e. The molecule has 4 heteroatoms. The van der Waals surface area contributed by atoms with E-state index in [4.69, 9.17) is 23.2 Å². The molecule has 0 aliphatic heterocycles. The van der Waals surface area contributed by atoms with E-state index in [1.807, 2.05) is 24.3 Å². The van der Waals surface area contributed by atoms with Crippen LogP contribution < -0.4 is 0 Å². The van der Waals surface area contributed by atoms with Crippen molar-refractivity contribution in [1.82, 2.24) is 0 Å². The maximum Gasteiger partial charge on any atom is 0.317 e. The Labute approximate surface area is 117 Å². The first-order chi connectivity index (χ1) is 8.11. The molecule has 0 heterocycles. The van der Waals surface area contributed by atoms with E-state index in [1.165, 1.54) is 0 Å². The topological polar surface area (TPSA) is 37.3 Å². The van der Waals surface area contributed by atoms with E-state index >= 15 is 0 Å². The fourth-order valence-corrected chi connectivity index (χ4v) is 2.99. The molecule has 1 fully saturated rings. The molecule has 1 N–H and O–H groups in total. The van der Waals surface area contributed by atoms with Gasteiger partial charge in [-0.05, 0) is 16.5 Å². The first-order valence-corrected chi connectivity index (χ1v) is 6.59. The Balaban J connectivity index is 2.39. The van der Waals surface area contributed by atoms with E-state index in [-0.39, 0.29) is 11.8 Å². The minimum atomic E-state index is -1.19. The molecule has 1 atom stereocenters. The average Bonchev–Trinajstić information content (AvgIpc) is 2.82. The summed E-state index contributed by atoms with van der Waals surface area (Å²) in [6, 6.07) is 7.53. The monoisotopic (exact) mass is 286 g/mol. The fourth-order valence-electron chi connectivity index (χ4n) is 2.21. The molecule has 2 rings (SSSR count). The minimum Gasteiger partial charge on any atom is -0.480 e. The third-order valence-corrected chi connectivity index (χ3v) is 4.51. The molecule has 1 aliphatic carbocycles. The van der Waals surface area contributed by atoms with Crippen molar-refractivity contribution in [1.29, 1.82) is 0 Å². The second-order valence-electron chi connectivity index (χ2n) is 5.92. The minimum absolute atomic E-state index is 0.0392. The molecule has 1 aliphatic rings. The van der Waals surface area contributed by atoms with Crippen LogP contribution in [0, 0.1) is 0 Å². The van der Waals surface area contributed by atoms with E-state index in [1.54, 1.807) is 0 Å². The second-order valence-corrected chi connectivity index (χ2v) is 7.40. The van der Waals surface area contributed by atoms with Gasteiger partial charge in [0.2, 0.25) is 0 Å². The van der Waals surface area contributed by atoms with Crippen molar-refractivity contribution >= 4 is 29.2 Å². The molecule has 98 valence electrons. The lowest BCUT2D eigenvalue weighted by molar-refractivity contribution is -0.140. The number of aliphatic carboxylic acids is 1. The predicted octanol–water partition coefficient (Wildman–Crippen LogP) is 3.88. The molecule has 1 saturated carbocycles. The lowest BCUT2D eigenvalue weighted by atomic mass is 9.85. The maximum atomic E-state index is 11.4. The molecular weight excluding hydrogens is 271 g/mol. The summed E-state index contributed by atoms with van der Waals surface area (Å²) < 4.78 is -1.19. The highest BCUT2D eigenvalue weighted by atomic mass is 35.5.